The van der Waals surface area contributed by atoms with E-state index in [4.69, 9.17) is 94.9 Å². The summed E-state index contributed by atoms with van der Waals surface area (Å²) in [6.07, 6.45) is 4.05. The van der Waals surface area contributed by atoms with Gasteiger partial charge in [0.15, 0.2) is 32.5 Å². The lowest BCUT2D eigenvalue weighted by Gasteiger charge is -2.44. The van der Waals surface area contributed by atoms with E-state index in [0.717, 1.165) is 0 Å². The maximum atomic E-state index is 15.0. The number of thiazole rings is 3. The lowest BCUT2D eigenvalue weighted by molar-refractivity contribution is -0.162. The van der Waals surface area contributed by atoms with Crippen molar-refractivity contribution in [2.24, 2.45) is 26.8 Å². The highest BCUT2D eigenvalue weighted by molar-refractivity contribution is 9.10. The van der Waals surface area contributed by atoms with Crippen LogP contribution in [0.25, 0.3) is 0 Å². The van der Waals surface area contributed by atoms with Gasteiger partial charge in [-0.1, -0.05) is 101 Å². The van der Waals surface area contributed by atoms with Crippen molar-refractivity contribution in [1.82, 2.24) is 45.6 Å². The number of rotatable bonds is 28. The Balaban J connectivity index is 0.000000182. The van der Waals surface area contributed by atoms with Gasteiger partial charge in [-0.25, -0.2) is 42.5 Å². The normalized spacial score (nSPS) is 21.9. The van der Waals surface area contributed by atoms with Crippen LogP contribution >= 0.6 is 96.3 Å². The molecule has 0 spiro atoms. The molecule has 27 nitrogen and oxygen atoms in total. The second-order valence-corrected chi connectivity index (χ2v) is 32.6. The third-order valence-electron chi connectivity index (χ3n) is 19.4. The number of ether oxygens (including phenoxy) is 6. The molecule has 0 radical (unpaired) electrons. The first kappa shape index (κ1) is 89.5. The highest BCUT2D eigenvalue weighted by Crippen LogP contribution is 2.43. The van der Waals surface area contributed by atoms with Crippen molar-refractivity contribution in [3.63, 3.8) is 0 Å². The second-order valence-electron chi connectivity index (χ2n) is 27.4. The standard InChI is InChI=1S/C28H34Cl2N4O5S.C25H28BrFN4O5S.C24H24Cl2F2N4O5S/c1-5-38-28(37)22-20(14-34-9-10-39-24(15(2)3)21(34)12-16(4)27(35)36)32-25(26-31-8-11-40-26)33-23(22)18-7-6-17(29)13-19(18)30;1-3-35-25(34)21-18(13-31-9-10-36-14(2)19(31)6-7-20(32)33)29-23(24-28-8-11-37-24)30-22(21)16-5-4-15(27)12-17(16)26;1-2-37-23(35)19-16(11-32-6-7-36-12-17(32)24(27,28)10-18(33)34)30-21(22-29-5-8-38-22)31-20(19)14-4-3-13(25)9-15(14)26/h6-8,11,13,15-16,21,23-24H,5,9-10,12,14H2,1-4H3,(H,32,33)(H,35,36);4-5,8,11-12,14,19,22H,3,6-7,9-10,13H2,1-2H3,(H,29,30)(H,32,33);3-5,8-9,17,20H,2,6-7,10-12H2,1H3,(H,30,31)(H,33,34)/t16?,21-,23+,24-;14-,19-,22-;17?,20-/m100/s1. The van der Waals surface area contributed by atoms with E-state index < -0.39 is 84.1 Å². The molecule has 2 unspecified atom stereocenters. The van der Waals surface area contributed by atoms with Gasteiger partial charge in [0, 0.05) is 145 Å². The van der Waals surface area contributed by atoms with E-state index in [0.29, 0.717) is 144 Å². The molecule has 6 aliphatic heterocycles. The number of aliphatic imine (C=N–C) groups is 3. The number of nitrogens with zero attached hydrogens (tertiary/aromatic N) is 9. The van der Waals surface area contributed by atoms with Gasteiger partial charge in [-0.2, -0.15) is 0 Å². The van der Waals surface area contributed by atoms with Gasteiger partial charge < -0.3 is 59.7 Å². The molecule has 6 N–H and O–H groups in total. The monoisotopic (exact) mass is 1790 g/mol. The number of aliphatic carboxylic acids is 3. The summed E-state index contributed by atoms with van der Waals surface area (Å²) in [5.74, 6) is -8.18. The number of carbonyl (C=O) groups is 6. The number of nitrogens with one attached hydrogen (secondary N) is 3. The molecule has 115 heavy (non-hydrogen) atoms. The van der Waals surface area contributed by atoms with E-state index in [2.05, 4.69) is 70.5 Å². The van der Waals surface area contributed by atoms with Gasteiger partial charge in [-0.15, -0.1) is 34.0 Å². The molecular formula is C77H86BrCl4F3N12O15S3. The van der Waals surface area contributed by atoms with Crippen LogP contribution in [0.15, 0.2) is 143 Å². The number of carbonyl (C=O) groups excluding carboxylic acids is 3. The lowest BCUT2D eigenvalue weighted by atomic mass is 9.89. The molecule has 9 heterocycles. The summed E-state index contributed by atoms with van der Waals surface area (Å²) in [6, 6.07) is 9.75. The Morgan fingerprint density at radius 1 is 0.609 bits per heavy atom. The number of morpholine rings is 3. The number of carboxylic acids is 3. The van der Waals surface area contributed by atoms with Crippen LogP contribution in [0.3, 0.4) is 0 Å². The highest BCUT2D eigenvalue weighted by Gasteiger charge is 2.48. The van der Waals surface area contributed by atoms with Crippen LogP contribution < -0.4 is 16.0 Å². The minimum Gasteiger partial charge on any atom is -0.481 e. The van der Waals surface area contributed by atoms with Gasteiger partial charge in [-0.3, -0.25) is 44.1 Å². The van der Waals surface area contributed by atoms with Crippen LogP contribution in [0.5, 0.6) is 0 Å². The number of aromatic nitrogens is 3. The van der Waals surface area contributed by atoms with Gasteiger partial charge in [0.2, 0.25) is 0 Å². The fourth-order valence-electron chi connectivity index (χ4n) is 14.0. The smallest absolute Gasteiger partial charge is 0.338 e. The molecular weight excluding hydrogens is 1710 g/mol. The molecule has 0 saturated carbocycles. The van der Waals surface area contributed by atoms with Crippen LogP contribution in [0, 0.1) is 17.7 Å². The van der Waals surface area contributed by atoms with Crippen LogP contribution in [-0.2, 0) is 57.2 Å². The Hall–Kier alpha value is -7.81. The summed E-state index contributed by atoms with van der Waals surface area (Å²) in [5, 5.41) is 46.5. The average Bonchev–Trinajstić information content (AvgIpc) is 1.56. The predicted octanol–water partition coefficient (Wildman–Crippen LogP) is 13.3. The summed E-state index contributed by atoms with van der Waals surface area (Å²) in [5.41, 5.74) is 3.86. The molecule has 3 aromatic heterocycles. The van der Waals surface area contributed by atoms with Crippen molar-refractivity contribution in [3.05, 3.63) is 185 Å². The number of hydrogen-bond donors (Lipinski definition) is 6. The maximum absolute atomic E-state index is 15.0. The molecule has 9 atom stereocenters. The number of hydrogen-bond acceptors (Lipinski definition) is 27. The maximum Gasteiger partial charge on any atom is 0.338 e. The molecule has 3 aromatic carbocycles. The predicted molar refractivity (Wildman–Crippen MR) is 434 cm³/mol. The number of benzene rings is 3. The van der Waals surface area contributed by atoms with E-state index in [9.17, 15) is 52.2 Å². The van der Waals surface area contributed by atoms with Crippen LogP contribution in [0.4, 0.5) is 13.2 Å². The molecule has 3 saturated heterocycles. The zero-order valence-electron chi connectivity index (χ0n) is 63.5. The van der Waals surface area contributed by atoms with Gasteiger partial charge >= 0.3 is 35.8 Å². The fourth-order valence-corrected chi connectivity index (χ4v) is 17.4. The van der Waals surface area contributed by atoms with E-state index in [1.54, 1.807) is 88.1 Å². The first-order valence-electron chi connectivity index (χ1n) is 36.9. The number of carboxylic acid groups (broad SMARTS) is 3. The van der Waals surface area contributed by atoms with Crippen LogP contribution in [-0.4, -0.2) is 220 Å². The van der Waals surface area contributed by atoms with Gasteiger partial charge in [0.05, 0.1) is 87.1 Å². The van der Waals surface area contributed by atoms with Gasteiger partial charge in [-0.05, 0) is 88.4 Å². The molecule has 12 rings (SSSR count). The Kier molecular flexibility index (Phi) is 32.3. The summed E-state index contributed by atoms with van der Waals surface area (Å²) < 4.78 is 77.9. The van der Waals surface area contributed by atoms with Crippen molar-refractivity contribution in [1.29, 1.82) is 0 Å². The molecule has 618 valence electrons. The number of amidine groups is 3. The fraction of sp³-hybridized carbons (Fsp3) is 0.455. The summed E-state index contributed by atoms with van der Waals surface area (Å²) in [7, 11) is 0. The molecule has 6 aromatic rings. The van der Waals surface area contributed by atoms with Gasteiger partial charge in [0.25, 0.3) is 5.92 Å². The third-order valence-corrected chi connectivity index (χ3v) is 23.5. The molecule has 6 aliphatic rings. The van der Waals surface area contributed by atoms with E-state index in [-0.39, 0.29) is 99.0 Å². The average molecular weight is 1790 g/mol. The second kappa shape index (κ2) is 41.5. The summed E-state index contributed by atoms with van der Waals surface area (Å²) in [6.45, 7) is 15.8. The van der Waals surface area contributed by atoms with Crippen molar-refractivity contribution in [2.75, 3.05) is 85.5 Å². The van der Waals surface area contributed by atoms with Crippen molar-refractivity contribution in [2.45, 2.75) is 129 Å². The lowest BCUT2D eigenvalue weighted by Crippen LogP contribution is -2.57. The van der Waals surface area contributed by atoms with Gasteiger partial charge in [0.1, 0.15) is 30.4 Å². The van der Waals surface area contributed by atoms with Crippen LogP contribution in [0.2, 0.25) is 20.1 Å². The number of esters is 3. The first-order valence-corrected chi connectivity index (χ1v) is 41.8. The molecule has 38 heteroatoms. The quantitative estimate of drug-likeness (QED) is 0.0196. The Bertz CT molecular complexity index is 4660. The van der Waals surface area contributed by atoms with Crippen molar-refractivity contribution < 1.29 is 85.7 Å². The number of halogens is 8. The van der Waals surface area contributed by atoms with E-state index >= 15 is 0 Å². The minimum atomic E-state index is -3.59. The molecule has 3 fully saturated rings. The largest absolute Gasteiger partial charge is 0.481 e. The zero-order chi connectivity index (χ0) is 82.9. The number of alkyl halides is 2. The topological polar surface area (TPSA) is 340 Å². The highest BCUT2D eigenvalue weighted by atomic mass is 79.9. The molecule has 0 bridgehead atoms. The Morgan fingerprint density at radius 2 is 1.04 bits per heavy atom. The molecule has 0 amide bonds. The van der Waals surface area contributed by atoms with E-state index in [1.807, 2.05) is 17.7 Å². The van der Waals surface area contributed by atoms with E-state index in [1.165, 1.54) is 57.1 Å². The zero-order valence-corrected chi connectivity index (χ0v) is 70.5. The minimum absolute atomic E-state index is 0.00303. The third kappa shape index (κ3) is 22.9. The van der Waals surface area contributed by atoms with Crippen LogP contribution in [0.1, 0.15) is 124 Å². The Morgan fingerprint density at radius 3 is 1.45 bits per heavy atom. The summed E-state index contributed by atoms with van der Waals surface area (Å²) >= 11 is 33.0. The van der Waals surface area contributed by atoms with Crippen molar-refractivity contribution >= 4 is 150 Å². The Labute approximate surface area is 702 Å². The summed E-state index contributed by atoms with van der Waals surface area (Å²) in [4.78, 5) is 108. The first-order chi connectivity index (χ1) is 55.0. The van der Waals surface area contributed by atoms with Crippen molar-refractivity contribution in [3.8, 4) is 0 Å². The SMILES string of the molecule is CCOC(=O)C1=C(CN2CCOCC2C(F)(F)CC(=O)O)NC(c2nccs2)=N[C@H]1c1ccc(Cl)cc1Cl.CCOC(=O)C1=C(CN2CCO[C@@H](C)[C@@H]2CCC(=O)O)NC(c2nccs2)=N[C@H]1c1ccc(F)cc1Br.CCOC(=O)C1=C(CN2CCO[C@H](C(C)C)[C@H]2CC(C)C(=O)O)NC(c2nccs2)=N[C@H]1c1ccc(Cl)cc1Cl. The molecule has 0 aliphatic carbocycles.